The summed E-state index contributed by atoms with van der Waals surface area (Å²) in [5.41, 5.74) is 2.73. The Morgan fingerprint density at radius 2 is 1.90 bits per heavy atom. The maximum absolute atomic E-state index is 13.0. The summed E-state index contributed by atoms with van der Waals surface area (Å²) in [5, 5.41) is 9.19. The predicted octanol–water partition coefficient (Wildman–Crippen LogP) is 5.85. The van der Waals surface area contributed by atoms with Crippen molar-refractivity contribution >= 4 is 51.9 Å². The molecule has 2 atom stereocenters. The maximum atomic E-state index is 13.0. The number of thiocarbonyl (C=S) groups is 1. The van der Waals surface area contributed by atoms with Crippen LogP contribution in [0.3, 0.4) is 0 Å². The number of thioether (sulfide) groups is 1. The Hall–Kier alpha value is -2.64. The number of carboxylic acids is 1. The molecular formula is C24H25NO4S2. The monoisotopic (exact) mass is 455 g/mol. The van der Waals surface area contributed by atoms with Crippen molar-refractivity contribution in [3.63, 3.8) is 0 Å². The summed E-state index contributed by atoms with van der Waals surface area (Å²) < 4.78 is 6.03. The second kappa shape index (κ2) is 10.1. The summed E-state index contributed by atoms with van der Waals surface area (Å²) in [6.07, 6.45) is 2.25. The van der Waals surface area contributed by atoms with Crippen LogP contribution in [0.2, 0.25) is 0 Å². The van der Waals surface area contributed by atoms with Gasteiger partial charge in [-0.2, -0.15) is 0 Å². The van der Waals surface area contributed by atoms with E-state index in [2.05, 4.69) is 13.8 Å². The molecule has 0 spiro atoms. The summed E-state index contributed by atoms with van der Waals surface area (Å²) in [4.78, 5) is 26.3. The van der Waals surface area contributed by atoms with E-state index >= 15 is 0 Å². The molecule has 1 saturated heterocycles. The smallest absolute Gasteiger partial charge is 0.344 e. The van der Waals surface area contributed by atoms with E-state index < -0.39 is 12.1 Å². The van der Waals surface area contributed by atoms with Gasteiger partial charge in [-0.1, -0.05) is 69.0 Å². The molecule has 1 amide bonds. The lowest BCUT2D eigenvalue weighted by Gasteiger charge is -2.16. The number of carbonyl (C=O) groups excluding carboxylic acids is 1. The molecule has 0 radical (unpaired) electrons. The van der Waals surface area contributed by atoms with E-state index in [0.29, 0.717) is 27.3 Å². The van der Waals surface area contributed by atoms with Gasteiger partial charge in [0.1, 0.15) is 5.75 Å². The SMILES string of the molecule is CCC(Oc1cccc(/C=C2/SC(=S)N(c3ccc(C(C)CC)cc3)C2=O)c1)C(=O)O. The van der Waals surface area contributed by atoms with Crippen LogP contribution < -0.4 is 9.64 Å². The lowest BCUT2D eigenvalue weighted by molar-refractivity contribution is -0.145. The minimum absolute atomic E-state index is 0.172. The summed E-state index contributed by atoms with van der Waals surface area (Å²) in [5.74, 6) is -0.273. The normalized spacial score (nSPS) is 17.1. The van der Waals surface area contributed by atoms with Gasteiger partial charge >= 0.3 is 5.97 Å². The van der Waals surface area contributed by atoms with Crippen LogP contribution in [0, 0.1) is 0 Å². The van der Waals surface area contributed by atoms with E-state index in [0.717, 1.165) is 17.7 Å². The Bertz CT molecular complexity index is 1020. The predicted molar refractivity (Wildman–Crippen MR) is 130 cm³/mol. The van der Waals surface area contributed by atoms with E-state index in [9.17, 15) is 14.7 Å². The van der Waals surface area contributed by atoms with Gasteiger partial charge in [0, 0.05) is 0 Å². The first-order valence-electron chi connectivity index (χ1n) is 10.2. The van der Waals surface area contributed by atoms with E-state index in [1.807, 2.05) is 30.3 Å². The number of ether oxygens (including phenoxy) is 1. The van der Waals surface area contributed by atoms with Crippen LogP contribution in [0.15, 0.2) is 53.4 Å². The van der Waals surface area contributed by atoms with Crippen molar-refractivity contribution in [1.82, 2.24) is 0 Å². The van der Waals surface area contributed by atoms with E-state index in [4.69, 9.17) is 17.0 Å². The number of nitrogens with zero attached hydrogens (tertiary/aromatic N) is 1. The molecule has 1 N–H and O–H groups in total. The van der Waals surface area contributed by atoms with Gasteiger partial charge in [0.05, 0.1) is 10.6 Å². The standard InChI is InChI=1S/C24H25NO4S2/c1-4-15(3)17-9-11-18(12-10-17)25-22(26)21(31-24(25)30)14-16-7-6-8-19(13-16)29-20(5-2)23(27)28/h6-15,20H,4-5H2,1-3H3,(H,27,28)/b21-14+. The molecule has 0 aromatic heterocycles. The molecule has 2 unspecified atom stereocenters. The zero-order chi connectivity index (χ0) is 22.5. The summed E-state index contributed by atoms with van der Waals surface area (Å²) in [6, 6.07) is 15.0. The Balaban J connectivity index is 1.80. The third kappa shape index (κ3) is 5.35. The second-order valence-corrected chi connectivity index (χ2v) is 9.02. The van der Waals surface area contributed by atoms with Crippen LogP contribution >= 0.6 is 24.0 Å². The number of carbonyl (C=O) groups is 2. The van der Waals surface area contributed by atoms with E-state index in [1.165, 1.54) is 17.3 Å². The highest BCUT2D eigenvalue weighted by atomic mass is 32.2. The molecule has 1 fully saturated rings. The lowest BCUT2D eigenvalue weighted by atomic mass is 9.98. The van der Waals surface area contributed by atoms with E-state index in [1.54, 1.807) is 36.1 Å². The van der Waals surface area contributed by atoms with Crippen molar-refractivity contribution in [3.05, 3.63) is 64.6 Å². The largest absolute Gasteiger partial charge is 0.479 e. The fourth-order valence-corrected chi connectivity index (χ4v) is 4.48. The van der Waals surface area contributed by atoms with Gasteiger partial charge in [-0.15, -0.1) is 0 Å². The van der Waals surface area contributed by atoms with Crippen molar-refractivity contribution in [2.75, 3.05) is 4.90 Å². The lowest BCUT2D eigenvalue weighted by Crippen LogP contribution is -2.27. The molecule has 1 heterocycles. The van der Waals surface area contributed by atoms with Gasteiger partial charge in [-0.25, -0.2) is 4.79 Å². The third-order valence-corrected chi connectivity index (χ3v) is 6.51. The van der Waals surface area contributed by atoms with Crippen LogP contribution in [0.4, 0.5) is 5.69 Å². The first kappa shape index (κ1) is 23.0. The average molecular weight is 456 g/mol. The number of carboxylic acid groups (broad SMARTS) is 1. The number of hydrogen-bond acceptors (Lipinski definition) is 5. The molecule has 0 bridgehead atoms. The number of amides is 1. The van der Waals surface area contributed by atoms with Crippen molar-refractivity contribution < 1.29 is 19.4 Å². The number of anilines is 1. The maximum Gasteiger partial charge on any atom is 0.344 e. The Morgan fingerprint density at radius 3 is 2.52 bits per heavy atom. The Labute approximate surface area is 192 Å². The Kier molecular flexibility index (Phi) is 7.51. The van der Waals surface area contributed by atoms with Gasteiger partial charge in [-0.3, -0.25) is 9.69 Å². The summed E-state index contributed by atoms with van der Waals surface area (Å²) in [7, 11) is 0. The van der Waals surface area contributed by atoms with Gasteiger partial charge in [0.15, 0.2) is 10.4 Å². The number of benzene rings is 2. The first-order valence-corrected chi connectivity index (χ1v) is 11.4. The molecule has 1 aliphatic rings. The van der Waals surface area contributed by atoms with Gasteiger partial charge in [-0.05, 0) is 60.2 Å². The summed E-state index contributed by atoms with van der Waals surface area (Å²) in [6.45, 7) is 6.08. The van der Waals surface area contributed by atoms with Crippen LogP contribution in [-0.2, 0) is 9.59 Å². The van der Waals surface area contributed by atoms with Gasteiger partial charge in [0.25, 0.3) is 5.91 Å². The number of hydrogen-bond donors (Lipinski definition) is 1. The van der Waals surface area contributed by atoms with Crippen LogP contribution in [0.25, 0.3) is 6.08 Å². The van der Waals surface area contributed by atoms with Crippen molar-refractivity contribution in [3.8, 4) is 5.75 Å². The first-order chi connectivity index (χ1) is 14.8. The molecule has 7 heteroatoms. The molecule has 2 aromatic rings. The molecule has 5 nitrogen and oxygen atoms in total. The zero-order valence-electron chi connectivity index (χ0n) is 17.7. The van der Waals surface area contributed by atoms with Crippen LogP contribution in [0.5, 0.6) is 5.75 Å². The van der Waals surface area contributed by atoms with Gasteiger partial charge < -0.3 is 9.84 Å². The second-order valence-electron chi connectivity index (χ2n) is 7.34. The molecule has 2 aromatic carbocycles. The summed E-state index contributed by atoms with van der Waals surface area (Å²) >= 11 is 6.71. The highest BCUT2D eigenvalue weighted by Gasteiger charge is 2.33. The highest BCUT2D eigenvalue weighted by Crippen LogP contribution is 2.36. The molecule has 1 aliphatic heterocycles. The number of aliphatic carboxylic acids is 1. The molecule has 0 aliphatic carbocycles. The van der Waals surface area contributed by atoms with E-state index in [-0.39, 0.29) is 5.91 Å². The molecule has 162 valence electrons. The average Bonchev–Trinajstić information content (AvgIpc) is 3.04. The molecule has 3 rings (SSSR count). The van der Waals surface area contributed by atoms with Crippen LogP contribution in [0.1, 0.15) is 50.7 Å². The zero-order valence-corrected chi connectivity index (χ0v) is 19.3. The minimum atomic E-state index is -1.01. The third-order valence-electron chi connectivity index (χ3n) is 5.21. The quantitative estimate of drug-likeness (QED) is 0.398. The topological polar surface area (TPSA) is 66.8 Å². The molecule has 0 saturated carbocycles. The molecular weight excluding hydrogens is 430 g/mol. The van der Waals surface area contributed by atoms with Crippen molar-refractivity contribution in [1.29, 1.82) is 0 Å². The van der Waals surface area contributed by atoms with Gasteiger partial charge in [0.2, 0.25) is 0 Å². The number of rotatable bonds is 8. The fourth-order valence-electron chi connectivity index (χ4n) is 3.18. The van der Waals surface area contributed by atoms with Crippen molar-refractivity contribution in [2.24, 2.45) is 0 Å². The van der Waals surface area contributed by atoms with Crippen molar-refractivity contribution in [2.45, 2.75) is 45.6 Å². The minimum Gasteiger partial charge on any atom is -0.479 e. The van der Waals surface area contributed by atoms with Crippen LogP contribution in [-0.4, -0.2) is 27.4 Å². The Morgan fingerprint density at radius 1 is 1.19 bits per heavy atom. The fraction of sp³-hybridized carbons (Fsp3) is 0.292. The highest BCUT2D eigenvalue weighted by molar-refractivity contribution is 8.27. The molecule has 31 heavy (non-hydrogen) atoms.